The van der Waals surface area contributed by atoms with Gasteiger partial charge >= 0.3 is 17.3 Å². The summed E-state index contributed by atoms with van der Waals surface area (Å²) in [6, 6.07) is 0. The predicted octanol–water partition coefficient (Wildman–Crippen LogP) is -1.21. The van der Waals surface area contributed by atoms with Gasteiger partial charge in [0.05, 0.1) is 12.3 Å². The molecule has 9 nitrogen and oxygen atoms in total. The van der Waals surface area contributed by atoms with Crippen molar-refractivity contribution in [3.8, 4) is 11.5 Å². The number of nitrogens with one attached hydrogen (secondary N) is 1. The summed E-state index contributed by atoms with van der Waals surface area (Å²) in [5.74, 6) is -0.300. The molecule has 0 aromatic carbocycles. The van der Waals surface area contributed by atoms with Crippen molar-refractivity contribution in [1.82, 2.24) is 20.1 Å². The van der Waals surface area contributed by atoms with Crippen molar-refractivity contribution in [1.29, 1.82) is 0 Å². The van der Waals surface area contributed by atoms with E-state index in [2.05, 4.69) is 15.4 Å². The molecule has 0 spiro atoms. The Morgan fingerprint density at radius 1 is 1.69 bits per heavy atom. The molecule has 0 fully saturated rings. The van der Waals surface area contributed by atoms with Crippen LogP contribution in [0.3, 0.4) is 0 Å². The molecule has 0 amide bonds. The summed E-state index contributed by atoms with van der Waals surface area (Å²) < 4.78 is 1.19. The van der Waals surface area contributed by atoms with Gasteiger partial charge in [0.1, 0.15) is 0 Å². The molecule has 2 aliphatic heterocycles. The standard InChI is InChI=1S/C4H4N6O3/c1-8-4-2(5-7-9(4)11)3(6-8)10(12)13/h6H,1H3. The van der Waals surface area contributed by atoms with Crippen LogP contribution in [0.4, 0.5) is 5.82 Å². The van der Waals surface area contributed by atoms with Crippen molar-refractivity contribution in [3.63, 3.8) is 0 Å². The number of hydrogen-bond acceptors (Lipinski definition) is 5. The van der Waals surface area contributed by atoms with Crippen molar-refractivity contribution < 1.29 is 9.77 Å². The van der Waals surface area contributed by atoms with Crippen LogP contribution in [0, 0.1) is 15.3 Å². The highest BCUT2D eigenvalue weighted by atomic mass is 16.6. The van der Waals surface area contributed by atoms with Gasteiger partial charge in [-0.05, 0) is 4.92 Å². The van der Waals surface area contributed by atoms with E-state index < -0.39 is 4.92 Å². The van der Waals surface area contributed by atoms with Gasteiger partial charge in [-0.1, -0.05) is 0 Å². The summed E-state index contributed by atoms with van der Waals surface area (Å²) in [5, 5.41) is 30.2. The van der Waals surface area contributed by atoms with E-state index in [1.54, 1.807) is 0 Å². The Balaban J connectivity index is 2.73. The fraction of sp³-hybridized carbons (Fsp3) is 0.250. The number of aromatic nitrogens is 5. The van der Waals surface area contributed by atoms with E-state index in [9.17, 15) is 15.3 Å². The van der Waals surface area contributed by atoms with Gasteiger partial charge in [0.15, 0.2) is 0 Å². The molecule has 0 bridgehead atoms. The summed E-state index contributed by atoms with van der Waals surface area (Å²) in [5.41, 5.74) is -0.0394. The van der Waals surface area contributed by atoms with Crippen LogP contribution in [0.15, 0.2) is 0 Å². The minimum absolute atomic E-state index is 0.0340. The Labute approximate surface area is 70.6 Å². The van der Waals surface area contributed by atoms with E-state index in [0.29, 0.717) is 0 Å². The number of hydrogen-bond donors (Lipinski definition) is 1. The van der Waals surface area contributed by atoms with E-state index in [1.807, 2.05) is 0 Å². The molecule has 0 aromatic rings. The minimum atomic E-state index is -0.656. The highest BCUT2D eigenvalue weighted by molar-refractivity contribution is 5.58. The minimum Gasteiger partial charge on any atom is -0.721 e. The molecule has 1 N–H and O–H groups in total. The Kier molecular flexibility index (Phi) is 1.23. The highest BCUT2D eigenvalue weighted by Crippen LogP contribution is 2.24. The summed E-state index contributed by atoms with van der Waals surface area (Å²) in [7, 11) is 1.47. The Hall–Kier alpha value is -2.19. The van der Waals surface area contributed by atoms with Crippen molar-refractivity contribution >= 4 is 5.82 Å². The third-order valence-corrected chi connectivity index (χ3v) is 1.62. The summed E-state index contributed by atoms with van der Waals surface area (Å²) in [6.07, 6.45) is 0. The molecule has 68 valence electrons. The molecule has 9 heteroatoms. The van der Waals surface area contributed by atoms with Crippen molar-refractivity contribution in [3.05, 3.63) is 15.3 Å². The van der Waals surface area contributed by atoms with Gasteiger partial charge in [-0.2, -0.15) is 0 Å². The molecule has 0 radical (unpaired) electrons. The van der Waals surface area contributed by atoms with Crippen LogP contribution in [-0.2, 0) is 7.05 Å². The lowest BCUT2D eigenvalue weighted by Gasteiger charge is -1.92. The number of H-pyrrole nitrogens is 1. The first-order valence-corrected chi connectivity index (χ1v) is 3.26. The monoisotopic (exact) mass is 184 g/mol. The molecule has 0 saturated heterocycles. The molecule has 2 aliphatic rings. The number of aromatic amines is 1. The van der Waals surface area contributed by atoms with Crippen LogP contribution < -0.4 is 4.85 Å². The maximum atomic E-state index is 10.9. The largest absolute Gasteiger partial charge is 0.721 e. The van der Waals surface area contributed by atoms with E-state index in [4.69, 9.17) is 0 Å². The van der Waals surface area contributed by atoms with Crippen LogP contribution in [-0.4, -0.2) is 25.0 Å². The zero-order chi connectivity index (χ0) is 9.59. The lowest BCUT2D eigenvalue weighted by molar-refractivity contribution is -0.661. The second-order valence-corrected chi connectivity index (χ2v) is 2.41. The van der Waals surface area contributed by atoms with Crippen molar-refractivity contribution in [2.45, 2.75) is 0 Å². The predicted molar refractivity (Wildman–Crippen MR) is 37.6 cm³/mol. The fourth-order valence-electron chi connectivity index (χ4n) is 1.10. The topological polar surface area (TPSA) is 117 Å². The van der Waals surface area contributed by atoms with Crippen molar-refractivity contribution in [2.24, 2.45) is 7.05 Å². The van der Waals surface area contributed by atoms with E-state index in [-0.39, 0.29) is 22.2 Å². The van der Waals surface area contributed by atoms with Gasteiger partial charge in [0, 0.05) is 5.10 Å². The van der Waals surface area contributed by atoms with E-state index >= 15 is 0 Å². The highest BCUT2D eigenvalue weighted by Gasteiger charge is 2.35. The summed E-state index contributed by atoms with van der Waals surface area (Å²) in [4.78, 5) is 9.98. The zero-order valence-electron chi connectivity index (χ0n) is 6.46. The van der Waals surface area contributed by atoms with Crippen molar-refractivity contribution in [2.75, 3.05) is 0 Å². The first-order chi connectivity index (χ1) is 6.11. The van der Waals surface area contributed by atoms with Crippen LogP contribution in [0.1, 0.15) is 0 Å². The molecular formula is C4H4N6O3. The van der Waals surface area contributed by atoms with Gasteiger partial charge in [-0.15, -0.1) is 14.6 Å². The summed E-state index contributed by atoms with van der Waals surface area (Å²) in [6.45, 7) is 0. The third kappa shape index (κ3) is 0.832. The lowest BCUT2D eigenvalue weighted by Crippen LogP contribution is -2.31. The molecular weight excluding hydrogens is 180 g/mol. The maximum Gasteiger partial charge on any atom is 0.403 e. The van der Waals surface area contributed by atoms with Crippen LogP contribution in [0.2, 0.25) is 0 Å². The molecule has 2 heterocycles. The molecule has 13 heavy (non-hydrogen) atoms. The molecule has 0 aliphatic carbocycles. The maximum absolute atomic E-state index is 10.9. The first-order valence-electron chi connectivity index (χ1n) is 3.26. The van der Waals surface area contributed by atoms with Crippen LogP contribution in [0.25, 0.3) is 11.5 Å². The van der Waals surface area contributed by atoms with Gasteiger partial charge in [0.2, 0.25) is 0 Å². The van der Waals surface area contributed by atoms with Crippen LogP contribution in [0.5, 0.6) is 0 Å². The smallest absolute Gasteiger partial charge is 0.403 e. The molecule has 2 rings (SSSR count). The normalized spacial score (nSPS) is 10.8. The summed E-state index contributed by atoms with van der Waals surface area (Å²) >= 11 is 0. The Morgan fingerprint density at radius 2 is 2.38 bits per heavy atom. The first kappa shape index (κ1) is 7.46. The SMILES string of the molecule is Cn1[nH]c([N+](=O)[O-])c2nn[n+]([O-])c1-2. The number of aryl methyl sites for hydroxylation is 1. The average molecular weight is 184 g/mol. The molecule has 0 unspecified atom stereocenters. The second kappa shape index (κ2) is 2.15. The third-order valence-electron chi connectivity index (χ3n) is 1.62. The van der Waals surface area contributed by atoms with Crippen LogP contribution >= 0.6 is 0 Å². The molecule has 0 atom stereocenters. The Bertz CT molecular complexity index is 443. The lowest BCUT2D eigenvalue weighted by atomic mass is 10.4. The zero-order valence-corrected chi connectivity index (χ0v) is 6.46. The second-order valence-electron chi connectivity index (χ2n) is 2.41. The number of nitrogens with zero attached hydrogens (tertiary/aromatic N) is 5. The number of fused-ring (bicyclic) bond motifs is 1. The number of nitro groups is 1. The van der Waals surface area contributed by atoms with E-state index in [1.165, 1.54) is 11.7 Å². The van der Waals surface area contributed by atoms with Gasteiger partial charge in [-0.25, -0.2) is 0 Å². The van der Waals surface area contributed by atoms with Gasteiger partial charge in [-0.3, -0.25) is 0 Å². The molecule has 0 aromatic heterocycles. The molecule has 0 saturated carbocycles. The quantitative estimate of drug-likeness (QED) is 0.258. The fourth-order valence-corrected chi connectivity index (χ4v) is 1.10. The Morgan fingerprint density at radius 3 is 3.00 bits per heavy atom. The number of rotatable bonds is 1. The van der Waals surface area contributed by atoms with Gasteiger partial charge < -0.3 is 15.3 Å². The van der Waals surface area contributed by atoms with E-state index in [0.717, 1.165) is 0 Å². The van der Waals surface area contributed by atoms with Gasteiger partial charge in [0.25, 0.3) is 0 Å². The average Bonchev–Trinajstić information content (AvgIpc) is 2.55.